The van der Waals surface area contributed by atoms with Gasteiger partial charge in [-0.2, -0.15) is 0 Å². The van der Waals surface area contributed by atoms with Crippen LogP contribution in [0.1, 0.15) is 15.9 Å². The van der Waals surface area contributed by atoms with Crippen molar-refractivity contribution in [3.63, 3.8) is 0 Å². The highest BCUT2D eigenvalue weighted by Crippen LogP contribution is 2.20. The summed E-state index contributed by atoms with van der Waals surface area (Å²) in [5.41, 5.74) is 6.73. The Kier molecular flexibility index (Phi) is 4.22. The molecule has 0 saturated carbocycles. The van der Waals surface area contributed by atoms with Crippen molar-refractivity contribution < 1.29 is 4.79 Å². The molecule has 1 heterocycles. The van der Waals surface area contributed by atoms with E-state index < -0.39 is 5.91 Å². The van der Waals surface area contributed by atoms with Crippen LogP contribution in [0.25, 0.3) is 0 Å². The highest BCUT2D eigenvalue weighted by atomic mass is 35.5. The minimum atomic E-state index is -0.442. The summed E-state index contributed by atoms with van der Waals surface area (Å²) < 4.78 is 0. The molecule has 1 amide bonds. The van der Waals surface area contributed by atoms with E-state index in [0.29, 0.717) is 10.6 Å². The van der Waals surface area contributed by atoms with Crippen LogP contribution in [0.3, 0.4) is 0 Å². The van der Waals surface area contributed by atoms with Gasteiger partial charge < -0.3 is 10.6 Å². The van der Waals surface area contributed by atoms with Crippen molar-refractivity contribution in [1.82, 2.24) is 9.80 Å². The zero-order chi connectivity index (χ0) is 13.1. The van der Waals surface area contributed by atoms with Crippen molar-refractivity contribution in [3.8, 4) is 0 Å². The molecule has 0 aliphatic carbocycles. The molecule has 0 radical (unpaired) electrons. The van der Waals surface area contributed by atoms with Crippen molar-refractivity contribution in [2.75, 3.05) is 33.2 Å². The average Bonchev–Trinajstić information content (AvgIpc) is 2.34. The van der Waals surface area contributed by atoms with E-state index in [0.717, 1.165) is 38.3 Å². The predicted octanol–water partition coefficient (Wildman–Crippen LogP) is 1.19. The number of nitrogens with two attached hydrogens (primary N) is 1. The van der Waals surface area contributed by atoms with E-state index in [2.05, 4.69) is 16.8 Å². The number of primary amides is 1. The maximum atomic E-state index is 11.0. The second-order valence-electron chi connectivity index (χ2n) is 4.75. The number of piperazine rings is 1. The fourth-order valence-corrected chi connectivity index (χ4v) is 2.32. The van der Waals surface area contributed by atoms with Crippen LogP contribution in [0.15, 0.2) is 18.2 Å². The van der Waals surface area contributed by atoms with Gasteiger partial charge in [0.1, 0.15) is 0 Å². The van der Waals surface area contributed by atoms with Crippen LogP contribution in [-0.4, -0.2) is 48.9 Å². The molecular formula is C13H18ClN3O. The summed E-state index contributed by atoms with van der Waals surface area (Å²) >= 11 is 6.18. The zero-order valence-electron chi connectivity index (χ0n) is 10.5. The molecule has 0 atom stereocenters. The maximum Gasteiger partial charge on any atom is 0.248 e. The lowest BCUT2D eigenvalue weighted by atomic mass is 10.1. The first-order chi connectivity index (χ1) is 8.56. The summed E-state index contributed by atoms with van der Waals surface area (Å²) in [5.74, 6) is -0.442. The molecule has 1 aliphatic heterocycles. The van der Waals surface area contributed by atoms with Crippen molar-refractivity contribution in [3.05, 3.63) is 34.3 Å². The summed E-state index contributed by atoms with van der Waals surface area (Å²) in [6.07, 6.45) is 0. The minimum Gasteiger partial charge on any atom is -0.366 e. The Morgan fingerprint density at radius 1 is 1.33 bits per heavy atom. The van der Waals surface area contributed by atoms with E-state index in [1.165, 1.54) is 0 Å². The third kappa shape index (κ3) is 3.22. The first-order valence-corrected chi connectivity index (χ1v) is 6.43. The Morgan fingerprint density at radius 3 is 2.56 bits per heavy atom. The molecule has 98 valence electrons. The summed E-state index contributed by atoms with van der Waals surface area (Å²) in [4.78, 5) is 15.7. The molecule has 1 fully saturated rings. The van der Waals surface area contributed by atoms with E-state index >= 15 is 0 Å². The number of amides is 1. The lowest BCUT2D eigenvalue weighted by molar-refractivity contribution is 0.1000. The quantitative estimate of drug-likeness (QED) is 0.895. The van der Waals surface area contributed by atoms with Crippen molar-refractivity contribution in [1.29, 1.82) is 0 Å². The lowest BCUT2D eigenvalue weighted by Gasteiger charge is -2.32. The molecule has 0 spiro atoms. The van der Waals surface area contributed by atoms with Gasteiger partial charge >= 0.3 is 0 Å². The number of halogens is 1. The highest BCUT2D eigenvalue weighted by Gasteiger charge is 2.15. The van der Waals surface area contributed by atoms with Crippen LogP contribution in [0, 0.1) is 0 Å². The summed E-state index contributed by atoms with van der Waals surface area (Å²) in [6.45, 7) is 5.08. The van der Waals surface area contributed by atoms with E-state index in [1.807, 2.05) is 6.07 Å². The van der Waals surface area contributed by atoms with Crippen LogP contribution >= 0.6 is 11.6 Å². The number of nitrogens with zero attached hydrogens (tertiary/aromatic N) is 2. The van der Waals surface area contributed by atoms with Gasteiger partial charge in [-0.25, -0.2) is 0 Å². The number of hydrogen-bond acceptors (Lipinski definition) is 3. The lowest BCUT2D eigenvalue weighted by Crippen LogP contribution is -2.43. The minimum absolute atomic E-state index is 0.442. The number of rotatable bonds is 3. The van der Waals surface area contributed by atoms with Crippen LogP contribution in [0.5, 0.6) is 0 Å². The molecule has 0 bridgehead atoms. The first kappa shape index (κ1) is 13.3. The van der Waals surface area contributed by atoms with E-state index in [1.54, 1.807) is 12.1 Å². The number of carbonyl (C=O) groups excluding carboxylic acids is 1. The van der Waals surface area contributed by atoms with Crippen LogP contribution in [-0.2, 0) is 6.54 Å². The van der Waals surface area contributed by atoms with E-state index in [4.69, 9.17) is 17.3 Å². The average molecular weight is 268 g/mol. The van der Waals surface area contributed by atoms with Crippen LogP contribution in [0.2, 0.25) is 5.02 Å². The fourth-order valence-electron chi connectivity index (χ4n) is 2.08. The third-order valence-electron chi connectivity index (χ3n) is 3.33. The second-order valence-corrected chi connectivity index (χ2v) is 5.16. The topological polar surface area (TPSA) is 49.6 Å². The molecular weight excluding hydrogens is 250 g/mol. The molecule has 4 nitrogen and oxygen atoms in total. The summed E-state index contributed by atoms with van der Waals surface area (Å²) in [7, 11) is 2.13. The second kappa shape index (κ2) is 5.69. The van der Waals surface area contributed by atoms with Crippen LogP contribution < -0.4 is 5.73 Å². The van der Waals surface area contributed by atoms with Gasteiger partial charge in [0, 0.05) is 43.3 Å². The number of benzene rings is 1. The van der Waals surface area contributed by atoms with Crippen molar-refractivity contribution in [2.45, 2.75) is 6.54 Å². The van der Waals surface area contributed by atoms with E-state index in [9.17, 15) is 4.79 Å². The van der Waals surface area contributed by atoms with Crippen LogP contribution in [0.4, 0.5) is 0 Å². The van der Waals surface area contributed by atoms with Gasteiger partial charge in [-0.1, -0.05) is 17.7 Å². The predicted molar refractivity (Wildman–Crippen MR) is 72.7 cm³/mol. The molecule has 1 aromatic rings. The summed E-state index contributed by atoms with van der Waals surface area (Å²) in [6, 6.07) is 5.27. The Morgan fingerprint density at radius 2 is 2.00 bits per heavy atom. The number of carbonyl (C=O) groups is 1. The third-order valence-corrected chi connectivity index (χ3v) is 3.68. The standard InChI is InChI=1S/C13H18ClN3O/c1-16-4-6-17(7-5-16)9-11-3-2-10(13(15)18)8-12(11)14/h2-3,8H,4-7,9H2,1H3,(H2,15,18). The summed E-state index contributed by atoms with van der Waals surface area (Å²) in [5, 5.41) is 0.616. The fraction of sp³-hybridized carbons (Fsp3) is 0.462. The molecule has 2 N–H and O–H groups in total. The Bertz CT molecular complexity index is 442. The number of likely N-dealkylation sites (N-methyl/N-ethyl adjacent to an activating group) is 1. The monoisotopic (exact) mass is 267 g/mol. The van der Waals surface area contributed by atoms with Gasteiger partial charge in [-0.3, -0.25) is 9.69 Å². The van der Waals surface area contributed by atoms with Gasteiger partial charge in [-0.05, 0) is 24.7 Å². The highest BCUT2D eigenvalue weighted by molar-refractivity contribution is 6.31. The Labute approximate surface area is 112 Å². The largest absolute Gasteiger partial charge is 0.366 e. The molecule has 0 unspecified atom stereocenters. The molecule has 2 rings (SSSR count). The first-order valence-electron chi connectivity index (χ1n) is 6.05. The Hall–Kier alpha value is -1.10. The Balaban J connectivity index is 2.03. The zero-order valence-corrected chi connectivity index (χ0v) is 11.3. The smallest absolute Gasteiger partial charge is 0.248 e. The van der Waals surface area contributed by atoms with Gasteiger partial charge in [0.25, 0.3) is 0 Å². The van der Waals surface area contributed by atoms with Gasteiger partial charge in [0.05, 0.1) is 0 Å². The molecule has 1 aromatic carbocycles. The molecule has 1 saturated heterocycles. The van der Waals surface area contributed by atoms with Crippen molar-refractivity contribution in [2.24, 2.45) is 5.73 Å². The van der Waals surface area contributed by atoms with Gasteiger partial charge in [-0.15, -0.1) is 0 Å². The van der Waals surface area contributed by atoms with Gasteiger partial charge in [0.2, 0.25) is 5.91 Å². The number of hydrogen-bond donors (Lipinski definition) is 1. The molecule has 1 aliphatic rings. The molecule has 5 heteroatoms. The normalized spacial score (nSPS) is 17.9. The SMILES string of the molecule is CN1CCN(Cc2ccc(C(N)=O)cc2Cl)CC1. The molecule has 0 aromatic heterocycles. The van der Waals surface area contributed by atoms with E-state index in [-0.39, 0.29) is 0 Å². The van der Waals surface area contributed by atoms with Gasteiger partial charge in [0.15, 0.2) is 0 Å². The van der Waals surface area contributed by atoms with Crippen molar-refractivity contribution >= 4 is 17.5 Å². The molecule has 18 heavy (non-hydrogen) atoms. The maximum absolute atomic E-state index is 11.0.